The predicted octanol–water partition coefficient (Wildman–Crippen LogP) is 6.48. The summed E-state index contributed by atoms with van der Waals surface area (Å²) in [5, 5.41) is 11.3. The Morgan fingerprint density at radius 3 is 2.15 bits per heavy atom. The van der Waals surface area contributed by atoms with Crippen LogP contribution in [0.3, 0.4) is 0 Å². The predicted molar refractivity (Wildman–Crippen MR) is 109 cm³/mol. The molecule has 3 aromatic rings. The summed E-state index contributed by atoms with van der Waals surface area (Å²) < 4.78 is 5.78. The number of rotatable bonds is 2. The Hall–Kier alpha value is -2.55. The number of fused-ring (bicyclic) bond motifs is 1. The Kier molecular flexibility index (Phi) is 4.43. The molecule has 0 aliphatic heterocycles. The van der Waals surface area contributed by atoms with Gasteiger partial charge in [0, 0.05) is 17.2 Å². The summed E-state index contributed by atoms with van der Waals surface area (Å²) in [6.45, 7) is 13.1. The third-order valence-electron chi connectivity index (χ3n) is 4.58. The molecule has 136 valence electrons. The second-order valence-electron chi connectivity index (χ2n) is 8.82. The van der Waals surface area contributed by atoms with Crippen LogP contribution in [-0.2, 0) is 10.8 Å². The topological polar surface area (TPSA) is 45.7 Å². The van der Waals surface area contributed by atoms with Gasteiger partial charge in [-0.3, -0.25) is 4.99 Å². The minimum Gasteiger partial charge on any atom is -0.480 e. The average Bonchev–Trinajstić information content (AvgIpc) is 2.86. The van der Waals surface area contributed by atoms with E-state index in [4.69, 9.17) is 4.42 Å². The molecular formula is C23H27NO2. The van der Waals surface area contributed by atoms with E-state index in [1.165, 1.54) is 5.56 Å². The summed E-state index contributed by atoms with van der Waals surface area (Å²) >= 11 is 0. The molecule has 0 bridgehead atoms. The molecule has 0 aliphatic carbocycles. The average molecular weight is 349 g/mol. The lowest BCUT2D eigenvalue weighted by Gasteiger charge is -2.25. The van der Waals surface area contributed by atoms with E-state index in [1.54, 1.807) is 6.21 Å². The van der Waals surface area contributed by atoms with E-state index in [0.717, 1.165) is 22.2 Å². The molecule has 1 aromatic heterocycles. The molecule has 0 unspecified atom stereocenters. The molecule has 2 aromatic carbocycles. The molecular weight excluding hydrogens is 322 g/mol. The van der Waals surface area contributed by atoms with Crippen LogP contribution in [0, 0.1) is 0 Å². The minimum absolute atomic E-state index is 0.00504. The number of aliphatic imine (C=N–C) groups is 1. The first-order valence-corrected chi connectivity index (χ1v) is 8.97. The van der Waals surface area contributed by atoms with E-state index in [-0.39, 0.29) is 16.8 Å². The van der Waals surface area contributed by atoms with Gasteiger partial charge in [0.2, 0.25) is 0 Å². The molecule has 0 aliphatic rings. The SMILES string of the molecule is CC(C)(C)c1cc(C(C)(C)C)c2oc(O)c(C=Nc3ccccc3)c2c1. The van der Waals surface area contributed by atoms with Crippen molar-refractivity contribution in [3.8, 4) is 5.95 Å². The molecule has 0 saturated heterocycles. The first-order chi connectivity index (χ1) is 12.1. The van der Waals surface area contributed by atoms with Crippen molar-refractivity contribution in [1.82, 2.24) is 0 Å². The molecule has 0 amide bonds. The van der Waals surface area contributed by atoms with Crippen molar-refractivity contribution in [2.75, 3.05) is 0 Å². The maximum atomic E-state index is 10.4. The van der Waals surface area contributed by atoms with Gasteiger partial charge in [-0.1, -0.05) is 65.8 Å². The van der Waals surface area contributed by atoms with Crippen LogP contribution in [0.2, 0.25) is 0 Å². The van der Waals surface area contributed by atoms with Gasteiger partial charge >= 0.3 is 0 Å². The molecule has 0 fully saturated rings. The number of furan rings is 1. The Labute approximate surface area is 155 Å². The Morgan fingerprint density at radius 2 is 1.58 bits per heavy atom. The number of hydrogen-bond donors (Lipinski definition) is 1. The highest BCUT2D eigenvalue weighted by atomic mass is 16.5. The molecule has 1 N–H and O–H groups in total. The highest BCUT2D eigenvalue weighted by molar-refractivity contribution is 6.02. The smallest absolute Gasteiger partial charge is 0.292 e. The van der Waals surface area contributed by atoms with Crippen LogP contribution in [-0.4, -0.2) is 11.3 Å². The Morgan fingerprint density at radius 1 is 0.923 bits per heavy atom. The third kappa shape index (κ3) is 3.52. The first kappa shape index (κ1) is 18.2. The van der Waals surface area contributed by atoms with Crippen molar-refractivity contribution in [2.45, 2.75) is 52.4 Å². The van der Waals surface area contributed by atoms with Crippen LogP contribution in [0.5, 0.6) is 5.95 Å². The van der Waals surface area contributed by atoms with Crippen molar-refractivity contribution in [2.24, 2.45) is 4.99 Å². The lowest BCUT2D eigenvalue weighted by atomic mass is 9.79. The fraction of sp³-hybridized carbons (Fsp3) is 0.348. The second kappa shape index (κ2) is 6.31. The summed E-state index contributed by atoms with van der Waals surface area (Å²) in [5.41, 5.74) is 4.40. The summed E-state index contributed by atoms with van der Waals surface area (Å²) in [7, 11) is 0. The quantitative estimate of drug-likeness (QED) is 0.538. The van der Waals surface area contributed by atoms with Gasteiger partial charge in [-0.2, -0.15) is 0 Å². The summed E-state index contributed by atoms with van der Waals surface area (Å²) in [5.74, 6) is -0.0868. The summed E-state index contributed by atoms with van der Waals surface area (Å²) in [4.78, 5) is 4.50. The van der Waals surface area contributed by atoms with Crippen molar-refractivity contribution in [3.05, 3.63) is 59.2 Å². The molecule has 0 atom stereocenters. The van der Waals surface area contributed by atoms with Crippen LogP contribution in [0.4, 0.5) is 5.69 Å². The van der Waals surface area contributed by atoms with Gasteiger partial charge in [-0.25, -0.2) is 0 Å². The normalized spacial score (nSPS) is 13.0. The van der Waals surface area contributed by atoms with Gasteiger partial charge in [0.05, 0.1) is 11.3 Å². The molecule has 0 spiro atoms. The fourth-order valence-corrected chi connectivity index (χ4v) is 2.97. The van der Waals surface area contributed by atoms with Crippen molar-refractivity contribution in [1.29, 1.82) is 0 Å². The summed E-state index contributed by atoms with van der Waals surface area (Å²) in [6, 6.07) is 14.0. The maximum Gasteiger partial charge on any atom is 0.292 e. The molecule has 0 saturated carbocycles. The monoisotopic (exact) mass is 349 g/mol. The Bertz CT molecular complexity index is 952. The number of para-hydroxylation sites is 1. The largest absolute Gasteiger partial charge is 0.480 e. The van der Waals surface area contributed by atoms with Crippen LogP contribution >= 0.6 is 0 Å². The molecule has 0 radical (unpaired) electrons. The van der Waals surface area contributed by atoms with Gasteiger partial charge in [-0.15, -0.1) is 0 Å². The standard InChI is InChI=1S/C23H27NO2/c1-22(2,3)15-12-17-18(14-24-16-10-8-7-9-11-16)21(25)26-20(17)19(13-15)23(4,5)6/h7-14,25H,1-6H3. The number of benzene rings is 2. The maximum absolute atomic E-state index is 10.4. The zero-order valence-corrected chi connectivity index (χ0v) is 16.4. The number of nitrogens with zero attached hydrogens (tertiary/aromatic N) is 1. The van der Waals surface area contributed by atoms with E-state index < -0.39 is 0 Å². The minimum atomic E-state index is -0.0996. The highest BCUT2D eigenvalue weighted by Crippen LogP contribution is 2.40. The first-order valence-electron chi connectivity index (χ1n) is 8.97. The van der Waals surface area contributed by atoms with Crippen molar-refractivity contribution in [3.63, 3.8) is 0 Å². The van der Waals surface area contributed by atoms with Crippen LogP contribution in [0.15, 0.2) is 51.9 Å². The van der Waals surface area contributed by atoms with Crippen molar-refractivity contribution < 1.29 is 9.52 Å². The van der Waals surface area contributed by atoms with E-state index in [9.17, 15) is 5.11 Å². The van der Waals surface area contributed by atoms with Crippen LogP contribution in [0.25, 0.3) is 11.0 Å². The fourth-order valence-electron chi connectivity index (χ4n) is 2.97. The van der Waals surface area contributed by atoms with E-state index in [0.29, 0.717) is 5.56 Å². The molecule has 3 rings (SSSR count). The lowest BCUT2D eigenvalue weighted by molar-refractivity contribution is 0.344. The van der Waals surface area contributed by atoms with E-state index in [2.05, 4.69) is 58.7 Å². The van der Waals surface area contributed by atoms with Crippen LogP contribution in [0.1, 0.15) is 58.2 Å². The third-order valence-corrected chi connectivity index (χ3v) is 4.58. The lowest BCUT2D eigenvalue weighted by Crippen LogP contribution is -2.16. The highest BCUT2D eigenvalue weighted by Gasteiger charge is 2.26. The summed E-state index contributed by atoms with van der Waals surface area (Å²) in [6.07, 6.45) is 1.69. The van der Waals surface area contributed by atoms with E-state index in [1.807, 2.05) is 30.3 Å². The van der Waals surface area contributed by atoms with Crippen molar-refractivity contribution >= 4 is 22.9 Å². The molecule has 1 heterocycles. The molecule has 3 heteroatoms. The van der Waals surface area contributed by atoms with Gasteiger partial charge in [0.15, 0.2) is 0 Å². The number of aromatic hydroxyl groups is 1. The van der Waals surface area contributed by atoms with Crippen LogP contribution < -0.4 is 0 Å². The van der Waals surface area contributed by atoms with E-state index >= 15 is 0 Å². The zero-order chi connectivity index (χ0) is 19.1. The van der Waals surface area contributed by atoms with Gasteiger partial charge < -0.3 is 9.52 Å². The number of hydrogen-bond acceptors (Lipinski definition) is 3. The molecule has 26 heavy (non-hydrogen) atoms. The molecule has 3 nitrogen and oxygen atoms in total. The zero-order valence-electron chi connectivity index (χ0n) is 16.4. The van der Waals surface area contributed by atoms with Gasteiger partial charge in [0.25, 0.3) is 5.95 Å². The van der Waals surface area contributed by atoms with Gasteiger partial charge in [0.1, 0.15) is 5.58 Å². The Balaban J connectivity index is 2.24. The second-order valence-corrected chi connectivity index (χ2v) is 8.82. The van der Waals surface area contributed by atoms with Gasteiger partial charge in [-0.05, 0) is 34.6 Å².